The first-order valence-electron chi connectivity index (χ1n) is 6.98. The van der Waals surface area contributed by atoms with Gasteiger partial charge in [0.2, 0.25) is 11.8 Å². The highest BCUT2D eigenvalue weighted by Crippen LogP contribution is 2.38. The van der Waals surface area contributed by atoms with Crippen molar-refractivity contribution < 1.29 is 14.1 Å². The molecule has 5 heteroatoms. The molecule has 2 unspecified atom stereocenters. The summed E-state index contributed by atoms with van der Waals surface area (Å²) in [6.45, 7) is 5.77. The molecule has 0 aromatic rings. The Kier molecular flexibility index (Phi) is 4.35. The second kappa shape index (κ2) is 5.70. The number of halogens is 1. The predicted molar refractivity (Wildman–Crippen MR) is 78.9 cm³/mol. The van der Waals surface area contributed by atoms with E-state index >= 15 is 0 Å². The summed E-state index contributed by atoms with van der Waals surface area (Å²) in [5.41, 5.74) is 0. The topological polar surface area (TPSA) is 37.4 Å². The second-order valence-corrected chi connectivity index (χ2v) is 6.75. The zero-order chi connectivity index (χ0) is 14.9. The summed E-state index contributed by atoms with van der Waals surface area (Å²) in [6, 6.07) is 0. The van der Waals surface area contributed by atoms with E-state index in [1.54, 1.807) is 0 Å². The van der Waals surface area contributed by atoms with E-state index < -0.39 is 0 Å². The van der Waals surface area contributed by atoms with Gasteiger partial charge in [-0.25, -0.2) is 0 Å². The van der Waals surface area contributed by atoms with Gasteiger partial charge in [0, 0.05) is 5.03 Å². The number of imide groups is 1. The summed E-state index contributed by atoms with van der Waals surface area (Å²) in [6.07, 6.45) is 4.83. The molecule has 0 aromatic carbocycles. The lowest BCUT2D eigenvalue weighted by atomic mass is 9.85. The maximum absolute atomic E-state index is 12.4. The summed E-state index contributed by atoms with van der Waals surface area (Å²) in [4.78, 5) is 26.1. The number of likely N-dealkylation sites (tertiary alicyclic amines) is 1. The molecular weight excluding hydrogens is 276 g/mol. The molecular formula is C15H22ClN2O2+. The Morgan fingerprint density at radius 1 is 1.40 bits per heavy atom. The van der Waals surface area contributed by atoms with Gasteiger partial charge < -0.3 is 4.48 Å². The van der Waals surface area contributed by atoms with Crippen LogP contribution in [0.2, 0.25) is 0 Å². The number of likely N-dealkylation sites (N-methyl/N-ethyl adjacent to an activating group) is 1. The third-order valence-corrected chi connectivity index (χ3v) is 4.52. The van der Waals surface area contributed by atoms with Crippen LogP contribution in [-0.2, 0) is 9.59 Å². The van der Waals surface area contributed by atoms with E-state index in [1.807, 2.05) is 12.2 Å². The van der Waals surface area contributed by atoms with Crippen molar-refractivity contribution in [1.82, 2.24) is 4.90 Å². The minimum Gasteiger partial charge on any atom is -0.324 e. The van der Waals surface area contributed by atoms with Crippen LogP contribution in [0.3, 0.4) is 0 Å². The van der Waals surface area contributed by atoms with Gasteiger partial charge in [-0.1, -0.05) is 24.3 Å². The van der Waals surface area contributed by atoms with Gasteiger partial charge in [0.05, 0.1) is 45.6 Å². The molecule has 0 radical (unpaired) electrons. The van der Waals surface area contributed by atoms with E-state index in [0.717, 1.165) is 17.6 Å². The van der Waals surface area contributed by atoms with Crippen LogP contribution in [-0.4, -0.2) is 54.9 Å². The number of nitrogens with zero attached hydrogens (tertiary/aromatic N) is 2. The SMILES string of the molecule is C=CC[N+](C)(C)CCN1C(=O)C2CC=C(Cl)CC2C1=O. The molecule has 2 aliphatic rings. The van der Waals surface area contributed by atoms with Crippen LogP contribution in [0.15, 0.2) is 23.8 Å². The van der Waals surface area contributed by atoms with Crippen molar-refractivity contribution in [2.24, 2.45) is 11.8 Å². The van der Waals surface area contributed by atoms with Crippen molar-refractivity contribution in [3.05, 3.63) is 23.8 Å². The Labute approximate surface area is 125 Å². The molecule has 0 bridgehead atoms. The van der Waals surface area contributed by atoms with Crippen molar-refractivity contribution in [1.29, 1.82) is 0 Å². The van der Waals surface area contributed by atoms with E-state index in [1.165, 1.54) is 4.90 Å². The first-order chi connectivity index (χ1) is 9.35. The number of carbonyl (C=O) groups excluding carboxylic acids is 2. The summed E-state index contributed by atoms with van der Waals surface area (Å²) in [7, 11) is 4.14. The van der Waals surface area contributed by atoms with Gasteiger partial charge in [-0.15, -0.1) is 0 Å². The van der Waals surface area contributed by atoms with Crippen molar-refractivity contribution in [3.63, 3.8) is 0 Å². The van der Waals surface area contributed by atoms with Gasteiger partial charge in [0.15, 0.2) is 0 Å². The zero-order valence-corrected chi connectivity index (χ0v) is 12.9. The van der Waals surface area contributed by atoms with Gasteiger partial charge >= 0.3 is 0 Å². The molecule has 0 N–H and O–H groups in total. The Morgan fingerprint density at radius 3 is 2.70 bits per heavy atom. The Morgan fingerprint density at radius 2 is 2.05 bits per heavy atom. The van der Waals surface area contributed by atoms with Gasteiger partial charge in [-0.2, -0.15) is 0 Å². The minimum absolute atomic E-state index is 0.0287. The average molecular weight is 298 g/mol. The average Bonchev–Trinajstić information content (AvgIpc) is 2.59. The lowest BCUT2D eigenvalue weighted by Crippen LogP contribution is -2.47. The van der Waals surface area contributed by atoms with Crippen LogP contribution in [0, 0.1) is 11.8 Å². The fraction of sp³-hybridized carbons (Fsp3) is 0.600. The molecule has 1 fully saturated rings. The van der Waals surface area contributed by atoms with Crippen molar-refractivity contribution in [2.45, 2.75) is 12.8 Å². The van der Waals surface area contributed by atoms with E-state index in [9.17, 15) is 9.59 Å². The fourth-order valence-corrected chi connectivity index (χ4v) is 3.18. The largest absolute Gasteiger partial charge is 0.324 e. The summed E-state index contributed by atoms with van der Waals surface area (Å²) < 4.78 is 0.717. The van der Waals surface area contributed by atoms with Crippen LogP contribution < -0.4 is 0 Å². The lowest BCUT2D eigenvalue weighted by Gasteiger charge is -2.30. The quantitative estimate of drug-likeness (QED) is 0.441. The highest BCUT2D eigenvalue weighted by atomic mass is 35.5. The number of fused-ring (bicyclic) bond motifs is 1. The first kappa shape index (κ1) is 15.3. The van der Waals surface area contributed by atoms with Crippen LogP contribution in [0.25, 0.3) is 0 Å². The summed E-state index contributed by atoms with van der Waals surface area (Å²) >= 11 is 6.00. The molecule has 0 saturated carbocycles. The summed E-state index contributed by atoms with van der Waals surface area (Å²) in [5.74, 6) is -0.515. The van der Waals surface area contributed by atoms with Crippen LogP contribution in [0.1, 0.15) is 12.8 Å². The zero-order valence-electron chi connectivity index (χ0n) is 12.1. The molecule has 1 aliphatic heterocycles. The Bertz CT molecular complexity index is 470. The number of rotatable bonds is 5. The number of hydrogen-bond donors (Lipinski definition) is 0. The van der Waals surface area contributed by atoms with Gasteiger partial charge in [-0.05, 0) is 18.9 Å². The third-order valence-electron chi connectivity index (χ3n) is 4.21. The normalized spacial score (nSPS) is 26.6. The fourth-order valence-electron chi connectivity index (χ4n) is 2.93. The van der Waals surface area contributed by atoms with E-state index in [0.29, 0.717) is 24.4 Å². The van der Waals surface area contributed by atoms with Gasteiger partial charge in [0.25, 0.3) is 0 Å². The third kappa shape index (κ3) is 2.96. The molecule has 1 aliphatic carbocycles. The monoisotopic (exact) mass is 297 g/mol. The Hall–Kier alpha value is -1.13. The Balaban J connectivity index is 2.02. The number of allylic oxidation sites excluding steroid dienone is 2. The summed E-state index contributed by atoms with van der Waals surface area (Å²) in [5, 5.41) is 0.706. The molecule has 110 valence electrons. The molecule has 0 spiro atoms. The van der Waals surface area contributed by atoms with Gasteiger partial charge in [0.1, 0.15) is 0 Å². The van der Waals surface area contributed by atoms with E-state index in [4.69, 9.17) is 11.6 Å². The number of amides is 2. The van der Waals surface area contributed by atoms with Crippen molar-refractivity contribution in [2.75, 3.05) is 33.7 Å². The van der Waals surface area contributed by atoms with Crippen LogP contribution >= 0.6 is 11.6 Å². The number of quaternary nitrogens is 1. The molecule has 20 heavy (non-hydrogen) atoms. The molecule has 4 nitrogen and oxygen atoms in total. The standard InChI is InChI=1S/C15H22ClN2O2/c1-4-8-18(2,3)9-7-17-14(19)12-6-5-11(16)10-13(12)15(17)20/h4-5,12-13H,1,6-10H2,2-3H3/q+1. The van der Waals surface area contributed by atoms with E-state index in [2.05, 4.69) is 20.7 Å². The molecule has 2 rings (SSSR count). The first-order valence-corrected chi connectivity index (χ1v) is 7.36. The maximum Gasteiger partial charge on any atom is 0.233 e. The van der Waals surface area contributed by atoms with Crippen LogP contribution in [0.4, 0.5) is 0 Å². The molecule has 2 atom stereocenters. The highest BCUT2D eigenvalue weighted by molar-refractivity contribution is 6.30. The molecule has 1 heterocycles. The van der Waals surface area contributed by atoms with Crippen molar-refractivity contribution in [3.8, 4) is 0 Å². The second-order valence-electron chi connectivity index (χ2n) is 6.26. The number of carbonyl (C=O) groups is 2. The smallest absolute Gasteiger partial charge is 0.233 e. The van der Waals surface area contributed by atoms with Crippen molar-refractivity contribution >= 4 is 23.4 Å². The molecule has 0 aromatic heterocycles. The lowest BCUT2D eigenvalue weighted by molar-refractivity contribution is -0.883. The number of hydrogen-bond acceptors (Lipinski definition) is 2. The molecule has 1 saturated heterocycles. The van der Waals surface area contributed by atoms with Gasteiger partial charge in [-0.3, -0.25) is 14.5 Å². The molecule has 2 amide bonds. The maximum atomic E-state index is 12.4. The predicted octanol–water partition coefficient (Wildman–Crippen LogP) is 1.77. The van der Waals surface area contributed by atoms with E-state index in [-0.39, 0.29) is 23.7 Å². The highest BCUT2D eigenvalue weighted by Gasteiger charge is 2.48. The van der Waals surface area contributed by atoms with Crippen LogP contribution in [0.5, 0.6) is 0 Å². The minimum atomic E-state index is -0.241.